The predicted octanol–water partition coefficient (Wildman–Crippen LogP) is 0.914. The Morgan fingerprint density at radius 3 is 2.56 bits per heavy atom. The highest BCUT2D eigenvalue weighted by molar-refractivity contribution is 5.85. The Balaban J connectivity index is 2.64. The van der Waals surface area contributed by atoms with Crippen LogP contribution in [0.2, 0.25) is 0 Å². The molecule has 0 spiro atoms. The summed E-state index contributed by atoms with van der Waals surface area (Å²) in [6.45, 7) is 6.64. The number of ether oxygens (including phenoxy) is 1. The van der Waals surface area contributed by atoms with Gasteiger partial charge >= 0.3 is 5.97 Å². The number of likely N-dealkylation sites (tertiary alicyclic amines) is 1. The van der Waals surface area contributed by atoms with Crippen molar-refractivity contribution in [3.63, 3.8) is 0 Å². The number of esters is 1. The van der Waals surface area contributed by atoms with E-state index in [9.17, 15) is 9.59 Å². The van der Waals surface area contributed by atoms with Crippen molar-refractivity contribution in [1.29, 1.82) is 0 Å². The van der Waals surface area contributed by atoms with E-state index in [2.05, 4.69) is 0 Å². The van der Waals surface area contributed by atoms with Gasteiger partial charge in [0.1, 0.15) is 6.04 Å². The molecule has 1 rings (SSSR count). The van der Waals surface area contributed by atoms with Crippen LogP contribution in [0.25, 0.3) is 0 Å². The van der Waals surface area contributed by atoms with E-state index in [4.69, 9.17) is 10.5 Å². The molecule has 1 fully saturated rings. The normalized spacial score (nSPS) is 21.8. The Bertz CT molecular complexity index is 323. The minimum atomic E-state index is -0.422. The molecule has 1 heterocycles. The molecule has 5 heteroatoms. The van der Waals surface area contributed by atoms with E-state index in [-0.39, 0.29) is 29.8 Å². The van der Waals surface area contributed by atoms with Crippen molar-refractivity contribution in [2.75, 3.05) is 13.7 Å². The number of methoxy groups -OCH3 is 1. The first-order chi connectivity index (χ1) is 8.27. The van der Waals surface area contributed by atoms with Crippen molar-refractivity contribution < 1.29 is 14.3 Å². The van der Waals surface area contributed by atoms with Crippen molar-refractivity contribution in [2.45, 2.75) is 52.1 Å². The van der Waals surface area contributed by atoms with Gasteiger partial charge in [0.2, 0.25) is 5.91 Å². The first-order valence-corrected chi connectivity index (χ1v) is 6.40. The van der Waals surface area contributed by atoms with Crippen LogP contribution in [0.5, 0.6) is 0 Å². The number of hydrogen-bond donors (Lipinski definition) is 1. The lowest BCUT2D eigenvalue weighted by molar-refractivity contribution is -0.151. The fourth-order valence-corrected chi connectivity index (χ4v) is 2.06. The summed E-state index contributed by atoms with van der Waals surface area (Å²) in [4.78, 5) is 25.3. The second kappa shape index (κ2) is 5.69. The quantitative estimate of drug-likeness (QED) is 0.762. The molecule has 1 aliphatic heterocycles. The number of nitrogens with zero attached hydrogens (tertiary/aromatic N) is 1. The molecule has 1 saturated heterocycles. The number of carbonyl (C=O) groups excluding carboxylic acids is 2. The lowest BCUT2D eigenvalue weighted by Gasteiger charge is -2.29. The van der Waals surface area contributed by atoms with Gasteiger partial charge in [-0.1, -0.05) is 20.8 Å². The Morgan fingerprint density at radius 1 is 1.44 bits per heavy atom. The van der Waals surface area contributed by atoms with E-state index in [0.717, 1.165) is 6.42 Å². The van der Waals surface area contributed by atoms with Gasteiger partial charge in [0.25, 0.3) is 0 Å². The SMILES string of the molecule is COC(=O)C1CCCN1C(=O)CC(N)C(C)(C)C. The molecule has 104 valence electrons. The van der Waals surface area contributed by atoms with Crippen LogP contribution in [0.4, 0.5) is 0 Å². The number of carbonyl (C=O) groups is 2. The molecule has 2 atom stereocenters. The minimum absolute atomic E-state index is 0.0506. The standard InChI is InChI=1S/C13H24N2O3/c1-13(2,3)10(14)8-11(16)15-7-5-6-9(15)12(17)18-4/h9-10H,5-8,14H2,1-4H3. The maximum absolute atomic E-state index is 12.2. The molecule has 2 N–H and O–H groups in total. The molecule has 1 amide bonds. The van der Waals surface area contributed by atoms with Crippen molar-refractivity contribution in [2.24, 2.45) is 11.1 Å². The summed E-state index contributed by atoms with van der Waals surface area (Å²) in [6, 6.07) is -0.626. The average Bonchev–Trinajstić information content (AvgIpc) is 2.75. The van der Waals surface area contributed by atoms with E-state index in [1.54, 1.807) is 4.90 Å². The lowest BCUT2D eigenvalue weighted by atomic mass is 9.85. The Hall–Kier alpha value is -1.10. The maximum atomic E-state index is 12.2. The monoisotopic (exact) mass is 256 g/mol. The van der Waals surface area contributed by atoms with E-state index in [1.807, 2.05) is 20.8 Å². The summed E-state index contributed by atoms with van der Waals surface area (Å²) in [6.07, 6.45) is 1.80. The summed E-state index contributed by atoms with van der Waals surface area (Å²) in [5.74, 6) is -0.379. The zero-order valence-corrected chi connectivity index (χ0v) is 11.7. The van der Waals surface area contributed by atoms with Crippen LogP contribution in [-0.4, -0.2) is 42.5 Å². The fourth-order valence-electron chi connectivity index (χ4n) is 2.06. The molecule has 0 aromatic heterocycles. The van der Waals surface area contributed by atoms with Crippen LogP contribution in [0, 0.1) is 5.41 Å². The zero-order valence-electron chi connectivity index (χ0n) is 11.7. The third-order valence-electron chi connectivity index (χ3n) is 3.55. The molecule has 1 aliphatic rings. The van der Waals surface area contributed by atoms with Gasteiger partial charge in [-0.15, -0.1) is 0 Å². The Labute approximate surface area is 109 Å². The van der Waals surface area contributed by atoms with Gasteiger partial charge in [0, 0.05) is 19.0 Å². The second-order valence-corrected chi connectivity index (χ2v) is 5.94. The summed E-state index contributed by atoms with van der Waals surface area (Å²) in [5.41, 5.74) is 5.89. The van der Waals surface area contributed by atoms with Gasteiger partial charge in [-0.3, -0.25) is 4.79 Å². The highest BCUT2D eigenvalue weighted by atomic mass is 16.5. The van der Waals surface area contributed by atoms with E-state index < -0.39 is 6.04 Å². The van der Waals surface area contributed by atoms with Crippen molar-refractivity contribution in [3.8, 4) is 0 Å². The van der Waals surface area contributed by atoms with Crippen molar-refractivity contribution in [3.05, 3.63) is 0 Å². The molecule has 0 saturated carbocycles. The average molecular weight is 256 g/mol. The number of hydrogen-bond acceptors (Lipinski definition) is 4. The van der Waals surface area contributed by atoms with Gasteiger partial charge < -0.3 is 15.4 Å². The number of nitrogens with two attached hydrogens (primary N) is 1. The fraction of sp³-hybridized carbons (Fsp3) is 0.846. The largest absolute Gasteiger partial charge is 0.467 e. The third-order valence-corrected chi connectivity index (χ3v) is 3.55. The molecule has 0 aromatic rings. The number of amides is 1. The first kappa shape index (κ1) is 15.0. The second-order valence-electron chi connectivity index (χ2n) is 5.94. The highest BCUT2D eigenvalue weighted by Gasteiger charge is 2.36. The summed E-state index contributed by atoms with van der Waals surface area (Å²) < 4.78 is 4.72. The van der Waals surface area contributed by atoms with Gasteiger partial charge in [0.15, 0.2) is 0 Å². The molecule has 0 aliphatic carbocycles. The van der Waals surface area contributed by atoms with Crippen LogP contribution in [-0.2, 0) is 14.3 Å². The van der Waals surface area contributed by atoms with Crippen LogP contribution < -0.4 is 5.73 Å². The minimum Gasteiger partial charge on any atom is -0.467 e. The number of rotatable bonds is 3. The molecule has 0 aromatic carbocycles. The van der Waals surface area contributed by atoms with Crippen molar-refractivity contribution in [1.82, 2.24) is 4.90 Å². The molecular formula is C13H24N2O3. The van der Waals surface area contributed by atoms with Gasteiger partial charge in [-0.2, -0.15) is 0 Å². The summed E-state index contributed by atoms with van der Waals surface area (Å²) >= 11 is 0. The molecular weight excluding hydrogens is 232 g/mol. The van der Waals surface area contributed by atoms with Gasteiger partial charge in [-0.25, -0.2) is 4.79 Å². The Kier molecular flexibility index (Phi) is 4.73. The highest BCUT2D eigenvalue weighted by Crippen LogP contribution is 2.24. The van der Waals surface area contributed by atoms with Crippen LogP contribution in [0.3, 0.4) is 0 Å². The zero-order chi connectivity index (χ0) is 13.9. The molecule has 0 bridgehead atoms. The topological polar surface area (TPSA) is 72.6 Å². The third kappa shape index (κ3) is 3.45. The van der Waals surface area contributed by atoms with Crippen molar-refractivity contribution >= 4 is 11.9 Å². The molecule has 2 unspecified atom stereocenters. The molecule has 18 heavy (non-hydrogen) atoms. The van der Waals surface area contributed by atoms with E-state index in [0.29, 0.717) is 13.0 Å². The van der Waals surface area contributed by atoms with Crippen LogP contribution >= 0.6 is 0 Å². The predicted molar refractivity (Wildman–Crippen MR) is 68.8 cm³/mol. The molecule has 0 radical (unpaired) electrons. The molecule has 5 nitrogen and oxygen atoms in total. The summed E-state index contributed by atoms with van der Waals surface area (Å²) in [7, 11) is 1.35. The maximum Gasteiger partial charge on any atom is 0.328 e. The smallest absolute Gasteiger partial charge is 0.328 e. The van der Waals surface area contributed by atoms with Gasteiger partial charge in [0.05, 0.1) is 7.11 Å². The first-order valence-electron chi connectivity index (χ1n) is 6.40. The van der Waals surface area contributed by atoms with Crippen LogP contribution in [0.1, 0.15) is 40.0 Å². The Morgan fingerprint density at radius 2 is 2.06 bits per heavy atom. The lowest BCUT2D eigenvalue weighted by Crippen LogP contribution is -2.45. The van der Waals surface area contributed by atoms with E-state index >= 15 is 0 Å². The van der Waals surface area contributed by atoms with Gasteiger partial charge in [-0.05, 0) is 18.3 Å². The summed E-state index contributed by atoms with van der Waals surface area (Å²) in [5, 5.41) is 0. The van der Waals surface area contributed by atoms with E-state index in [1.165, 1.54) is 7.11 Å². The van der Waals surface area contributed by atoms with Crippen LogP contribution in [0.15, 0.2) is 0 Å².